The monoisotopic (exact) mass is 439 g/mol. The summed E-state index contributed by atoms with van der Waals surface area (Å²) in [5.41, 5.74) is 1.29. The lowest BCUT2D eigenvalue weighted by atomic mass is 9.99. The van der Waals surface area contributed by atoms with Crippen molar-refractivity contribution in [3.63, 3.8) is 0 Å². The van der Waals surface area contributed by atoms with Gasteiger partial charge in [-0.2, -0.15) is 0 Å². The number of nitrogens with zero attached hydrogens (tertiary/aromatic N) is 1. The van der Waals surface area contributed by atoms with Gasteiger partial charge >= 0.3 is 5.97 Å². The van der Waals surface area contributed by atoms with E-state index in [1.165, 1.54) is 5.56 Å². The van der Waals surface area contributed by atoms with Crippen LogP contribution in [0.2, 0.25) is 0 Å². The number of carboxylic acids is 1. The quantitative estimate of drug-likeness (QED) is 0.268. The molecule has 0 radical (unpaired) electrons. The van der Waals surface area contributed by atoms with Crippen LogP contribution in [0.5, 0.6) is 0 Å². The van der Waals surface area contributed by atoms with Crippen molar-refractivity contribution in [2.24, 2.45) is 5.92 Å². The van der Waals surface area contributed by atoms with E-state index in [1.54, 1.807) is 0 Å². The summed E-state index contributed by atoms with van der Waals surface area (Å²) in [6.45, 7) is 2.69. The standard InChI is InChI=1S/C27H37NO4/c1-22(12-6-4-7-13-23-14-8-5-9-15-23)25(29)19-17-24-18-20-26(30)28(24)21-11-3-2-10-16-27(31)32/h5,8-9,14-15,17,19,22,24-25,29H,2-3,7,10-13,16,18,20-21H2,1H3,(H,31,32)/b19-17+/t22?,24-,25?/m0/s1. The van der Waals surface area contributed by atoms with Gasteiger partial charge in [-0.25, -0.2) is 0 Å². The highest BCUT2D eigenvalue weighted by Gasteiger charge is 2.28. The topological polar surface area (TPSA) is 77.8 Å². The summed E-state index contributed by atoms with van der Waals surface area (Å²) < 4.78 is 0. The molecule has 174 valence electrons. The van der Waals surface area contributed by atoms with Crippen LogP contribution in [0.1, 0.15) is 70.3 Å². The van der Waals surface area contributed by atoms with E-state index in [0.29, 0.717) is 25.8 Å². The van der Waals surface area contributed by atoms with Gasteiger partial charge in [0.1, 0.15) is 0 Å². The van der Waals surface area contributed by atoms with Gasteiger partial charge in [-0.05, 0) is 37.2 Å². The number of hydrogen-bond donors (Lipinski definition) is 2. The average molecular weight is 440 g/mol. The van der Waals surface area contributed by atoms with Crippen molar-refractivity contribution < 1.29 is 19.8 Å². The van der Waals surface area contributed by atoms with Crippen LogP contribution in [-0.2, 0) is 16.0 Å². The number of benzene rings is 1. The number of aliphatic carboxylic acids is 1. The number of unbranched alkanes of at least 4 members (excludes halogenated alkanes) is 3. The third kappa shape index (κ3) is 9.70. The molecule has 1 heterocycles. The predicted molar refractivity (Wildman–Crippen MR) is 127 cm³/mol. The van der Waals surface area contributed by atoms with E-state index in [-0.39, 0.29) is 24.3 Å². The molecule has 1 amide bonds. The van der Waals surface area contributed by atoms with E-state index < -0.39 is 12.1 Å². The molecule has 0 spiro atoms. The maximum absolute atomic E-state index is 12.2. The van der Waals surface area contributed by atoms with E-state index in [9.17, 15) is 14.7 Å². The number of likely N-dealkylation sites (tertiary alicyclic amines) is 1. The summed E-state index contributed by atoms with van der Waals surface area (Å²) in [5, 5.41) is 19.2. The Kier molecular flexibility index (Phi) is 11.6. The molecular formula is C27H37NO4. The fraction of sp³-hybridized carbons (Fsp3) is 0.556. The lowest BCUT2D eigenvalue weighted by Gasteiger charge is -2.23. The van der Waals surface area contributed by atoms with Crippen LogP contribution in [0.4, 0.5) is 0 Å². The molecular weight excluding hydrogens is 402 g/mol. The van der Waals surface area contributed by atoms with E-state index in [4.69, 9.17) is 5.11 Å². The van der Waals surface area contributed by atoms with Crippen molar-refractivity contribution in [3.8, 4) is 11.8 Å². The van der Waals surface area contributed by atoms with Gasteiger partial charge < -0.3 is 15.1 Å². The molecule has 2 rings (SSSR count). The van der Waals surface area contributed by atoms with Crippen LogP contribution in [0, 0.1) is 17.8 Å². The largest absolute Gasteiger partial charge is 0.481 e. The van der Waals surface area contributed by atoms with Gasteiger partial charge in [0.25, 0.3) is 0 Å². The SMILES string of the molecule is CC(CC#CCCc1ccccc1)C(O)/C=C/[C@H]1CCC(=O)N1CCCCCCC(=O)O. The number of amides is 1. The Morgan fingerprint density at radius 3 is 2.69 bits per heavy atom. The van der Waals surface area contributed by atoms with Gasteiger partial charge in [-0.15, -0.1) is 11.8 Å². The molecule has 0 saturated carbocycles. The second-order valence-corrected chi connectivity index (χ2v) is 8.65. The summed E-state index contributed by atoms with van der Waals surface area (Å²) in [5.74, 6) is 5.84. The molecule has 2 N–H and O–H groups in total. The van der Waals surface area contributed by atoms with Crippen molar-refractivity contribution in [2.45, 2.75) is 83.3 Å². The molecule has 32 heavy (non-hydrogen) atoms. The van der Waals surface area contributed by atoms with Crippen molar-refractivity contribution in [2.75, 3.05) is 6.54 Å². The minimum absolute atomic E-state index is 0.0373. The lowest BCUT2D eigenvalue weighted by Crippen LogP contribution is -2.33. The van der Waals surface area contributed by atoms with Crippen LogP contribution >= 0.6 is 0 Å². The highest BCUT2D eigenvalue weighted by Crippen LogP contribution is 2.22. The molecule has 1 aromatic rings. The minimum Gasteiger partial charge on any atom is -0.481 e. The Labute approximate surface area is 192 Å². The first kappa shape index (κ1) is 25.7. The van der Waals surface area contributed by atoms with Crippen LogP contribution in [-0.4, -0.2) is 45.7 Å². The first-order chi connectivity index (χ1) is 15.5. The van der Waals surface area contributed by atoms with Gasteiger partial charge in [-0.1, -0.05) is 62.2 Å². The van der Waals surface area contributed by atoms with Gasteiger partial charge in [0.05, 0.1) is 12.1 Å². The van der Waals surface area contributed by atoms with E-state index in [2.05, 4.69) is 24.0 Å². The van der Waals surface area contributed by atoms with Crippen LogP contribution < -0.4 is 0 Å². The van der Waals surface area contributed by atoms with E-state index >= 15 is 0 Å². The molecule has 0 bridgehead atoms. The lowest BCUT2D eigenvalue weighted by molar-refractivity contribution is -0.137. The third-order valence-corrected chi connectivity index (χ3v) is 5.96. The molecule has 1 fully saturated rings. The van der Waals surface area contributed by atoms with Crippen molar-refractivity contribution >= 4 is 11.9 Å². The van der Waals surface area contributed by atoms with Crippen molar-refractivity contribution in [1.29, 1.82) is 0 Å². The zero-order chi connectivity index (χ0) is 23.2. The smallest absolute Gasteiger partial charge is 0.303 e. The molecule has 0 aliphatic carbocycles. The first-order valence-electron chi connectivity index (χ1n) is 11.8. The predicted octanol–water partition coefficient (Wildman–Crippen LogP) is 4.59. The number of carbonyl (C=O) groups is 2. The fourth-order valence-corrected chi connectivity index (χ4v) is 3.88. The van der Waals surface area contributed by atoms with Gasteiger partial charge in [0.2, 0.25) is 5.91 Å². The molecule has 2 unspecified atom stereocenters. The highest BCUT2D eigenvalue weighted by atomic mass is 16.4. The second kappa shape index (κ2) is 14.5. The van der Waals surface area contributed by atoms with E-state index in [0.717, 1.165) is 38.5 Å². The molecule has 3 atom stereocenters. The maximum atomic E-state index is 12.2. The number of hydrogen-bond acceptors (Lipinski definition) is 3. The summed E-state index contributed by atoms with van der Waals surface area (Å²) in [4.78, 5) is 24.7. The first-order valence-corrected chi connectivity index (χ1v) is 11.8. The number of aryl methyl sites for hydroxylation is 1. The fourth-order valence-electron chi connectivity index (χ4n) is 3.88. The normalized spacial score (nSPS) is 17.9. The maximum Gasteiger partial charge on any atom is 0.303 e. The number of aliphatic hydroxyl groups excluding tert-OH is 1. The summed E-state index contributed by atoms with van der Waals surface area (Å²) >= 11 is 0. The Balaban J connectivity index is 1.69. The van der Waals surface area contributed by atoms with Gasteiger partial charge in [0.15, 0.2) is 0 Å². The van der Waals surface area contributed by atoms with Crippen molar-refractivity contribution in [3.05, 3.63) is 48.0 Å². The zero-order valence-corrected chi connectivity index (χ0v) is 19.2. The number of carbonyl (C=O) groups excluding carboxylic acids is 1. The van der Waals surface area contributed by atoms with Crippen LogP contribution in [0.25, 0.3) is 0 Å². The Bertz CT molecular complexity index is 793. The minimum atomic E-state index is -0.754. The summed E-state index contributed by atoms with van der Waals surface area (Å²) in [6, 6.07) is 10.3. The molecule has 1 aliphatic heterocycles. The Hall–Kier alpha value is -2.58. The zero-order valence-electron chi connectivity index (χ0n) is 19.2. The molecule has 1 aromatic carbocycles. The Morgan fingerprint density at radius 1 is 1.19 bits per heavy atom. The number of carboxylic acid groups (broad SMARTS) is 1. The van der Waals surface area contributed by atoms with Crippen LogP contribution in [0.15, 0.2) is 42.5 Å². The van der Waals surface area contributed by atoms with Gasteiger partial charge in [-0.3, -0.25) is 9.59 Å². The average Bonchev–Trinajstić information content (AvgIpc) is 3.13. The second-order valence-electron chi connectivity index (χ2n) is 8.65. The van der Waals surface area contributed by atoms with Gasteiger partial charge in [0, 0.05) is 32.2 Å². The van der Waals surface area contributed by atoms with E-state index in [1.807, 2.05) is 42.2 Å². The van der Waals surface area contributed by atoms with Crippen LogP contribution in [0.3, 0.4) is 0 Å². The summed E-state index contributed by atoms with van der Waals surface area (Å²) in [7, 11) is 0. The molecule has 0 aromatic heterocycles. The molecule has 5 heteroatoms. The highest BCUT2D eigenvalue weighted by molar-refractivity contribution is 5.79. The third-order valence-electron chi connectivity index (χ3n) is 5.96. The molecule has 1 saturated heterocycles. The Morgan fingerprint density at radius 2 is 1.94 bits per heavy atom. The summed E-state index contributed by atoms with van der Waals surface area (Å²) in [6.07, 6.45) is 10.5. The number of aliphatic hydroxyl groups is 1. The van der Waals surface area contributed by atoms with Crippen molar-refractivity contribution in [1.82, 2.24) is 4.90 Å². The number of rotatable bonds is 13. The molecule has 1 aliphatic rings. The molecule has 5 nitrogen and oxygen atoms in total.